The second kappa shape index (κ2) is 7.20. The van der Waals surface area contributed by atoms with Gasteiger partial charge in [0, 0.05) is 12.1 Å². The number of hydrogen-bond donors (Lipinski definition) is 2. The van der Waals surface area contributed by atoms with Gasteiger partial charge in [0.2, 0.25) is 0 Å². The Hall–Kier alpha value is -2.18. The molecule has 1 aromatic carbocycles. The molecule has 0 aliphatic carbocycles. The number of ether oxygens (including phenoxy) is 1. The number of carbonyl (C=O) groups is 2. The Balaban J connectivity index is 2.80. The van der Waals surface area contributed by atoms with Crippen molar-refractivity contribution in [1.29, 1.82) is 0 Å². The van der Waals surface area contributed by atoms with Crippen LogP contribution in [0.15, 0.2) is 18.2 Å². The van der Waals surface area contributed by atoms with Crippen molar-refractivity contribution >= 4 is 12.1 Å². The van der Waals surface area contributed by atoms with Crippen LogP contribution in [-0.4, -0.2) is 28.8 Å². The van der Waals surface area contributed by atoms with Gasteiger partial charge in [0.15, 0.2) is 0 Å². The SMILES string of the molecule is CC(C)(C)OC(=O)NC(CC(=O)O)Cc1ccc(F)cc1F. The van der Waals surface area contributed by atoms with Gasteiger partial charge in [0.25, 0.3) is 0 Å². The first-order valence-electron chi connectivity index (χ1n) is 6.72. The average molecular weight is 315 g/mol. The fraction of sp³-hybridized carbons (Fsp3) is 0.467. The fourth-order valence-corrected chi connectivity index (χ4v) is 1.81. The van der Waals surface area contributed by atoms with Crippen molar-refractivity contribution in [2.45, 2.75) is 45.3 Å². The summed E-state index contributed by atoms with van der Waals surface area (Å²) in [5.41, 5.74) is -0.623. The lowest BCUT2D eigenvalue weighted by molar-refractivity contribution is -0.137. The molecule has 1 rings (SSSR count). The Kier molecular flexibility index (Phi) is 5.84. The first-order valence-corrected chi connectivity index (χ1v) is 6.72. The zero-order valence-electron chi connectivity index (χ0n) is 12.7. The van der Waals surface area contributed by atoms with Gasteiger partial charge in [-0.3, -0.25) is 4.79 Å². The van der Waals surface area contributed by atoms with Gasteiger partial charge >= 0.3 is 12.1 Å². The van der Waals surface area contributed by atoms with E-state index in [0.29, 0.717) is 6.07 Å². The quantitative estimate of drug-likeness (QED) is 0.876. The molecule has 0 fully saturated rings. The number of alkyl carbamates (subject to hydrolysis) is 1. The van der Waals surface area contributed by atoms with Gasteiger partial charge < -0.3 is 15.2 Å². The van der Waals surface area contributed by atoms with Gasteiger partial charge in [0.05, 0.1) is 6.42 Å². The zero-order chi connectivity index (χ0) is 16.9. The lowest BCUT2D eigenvalue weighted by atomic mass is 10.0. The van der Waals surface area contributed by atoms with Crippen molar-refractivity contribution in [3.8, 4) is 0 Å². The summed E-state index contributed by atoms with van der Waals surface area (Å²) in [5.74, 6) is -2.67. The van der Waals surface area contributed by atoms with Gasteiger partial charge in [-0.05, 0) is 38.8 Å². The Labute approximate surface area is 127 Å². The molecular weight excluding hydrogens is 296 g/mol. The maximum Gasteiger partial charge on any atom is 0.407 e. The predicted octanol–water partition coefficient (Wildman–Crippen LogP) is 2.88. The molecule has 2 N–H and O–H groups in total. The molecule has 7 heteroatoms. The van der Waals surface area contributed by atoms with Gasteiger partial charge in [-0.2, -0.15) is 0 Å². The standard InChI is InChI=1S/C15H19F2NO4/c1-15(2,3)22-14(21)18-11(8-13(19)20)6-9-4-5-10(16)7-12(9)17/h4-5,7,11H,6,8H2,1-3H3,(H,18,21)(H,19,20). The summed E-state index contributed by atoms with van der Waals surface area (Å²) in [6.45, 7) is 5.00. The lowest BCUT2D eigenvalue weighted by Gasteiger charge is -2.23. The van der Waals surface area contributed by atoms with E-state index < -0.39 is 41.8 Å². The number of aliphatic carboxylic acids is 1. The molecule has 1 atom stereocenters. The summed E-state index contributed by atoms with van der Waals surface area (Å²) in [7, 11) is 0. The summed E-state index contributed by atoms with van der Waals surface area (Å²) >= 11 is 0. The fourth-order valence-electron chi connectivity index (χ4n) is 1.81. The summed E-state index contributed by atoms with van der Waals surface area (Å²) in [5, 5.41) is 11.3. The van der Waals surface area contributed by atoms with Crippen LogP contribution in [-0.2, 0) is 16.0 Å². The molecule has 0 saturated heterocycles. The molecule has 0 bridgehead atoms. The third-order valence-corrected chi connectivity index (χ3v) is 2.62. The molecule has 0 aromatic heterocycles. The van der Waals surface area contributed by atoms with E-state index >= 15 is 0 Å². The molecule has 1 amide bonds. The van der Waals surface area contributed by atoms with Gasteiger partial charge in [-0.15, -0.1) is 0 Å². The van der Waals surface area contributed by atoms with E-state index in [1.54, 1.807) is 20.8 Å². The van der Waals surface area contributed by atoms with Crippen LogP contribution in [0.3, 0.4) is 0 Å². The van der Waals surface area contributed by atoms with Crippen LogP contribution < -0.4 is 5.32 Å². The maximum atomic E-state index is 13.6. The molecule has 0 spiro atoms. The predicted molar refractivity (Wildman–Crippen MR) is 75.5 cm³/mol. The van der Waals surface area contributed by atoms with Crippen molar-refractivity contribution in [2.75, 3.05) is 0 Å². The molecule has 5 nitrogen and oxygen atoms in total. The van der Waals surface area contributed by atoms with Crippen LogP contribution in [0.2, 0.25) is 0 Å². The van der Waals surface area contributed by atoms with Crippen LogP contribution in [0.5, 0.6) is 0 Å². The van der Waals surface area contributed by atoms with E-state index in [0.717, 1.165) is 6.07 Å². The maximum absolute atomic E-state index is 13.6. The van der Waals surface area contributed by atoms with Crippen molar-refractivity contribution in [2.24, 2.45) is 0 Å². The minimum absolute atomic E-state index is 0.0857. The summed E-state index contributed by atoms with van der Waals surface area (Å²) < 4.78 is 31.5. The van der Waals surface area contributed by atoms with E-state index in [1.807, 2.05) is 0 Å². The molecule has 0 heterocycles. The number of rotatable bonds is 5. The average Bonchev–Trinajstić information content (AvgIpc) is 2.29. The highest BCUT2D eigenvalue weighted by atomic mass is 19.1. The number of halogens is 2. The van der Waals surface area contributed by atoms with Crippen LogP contribution >= 0.6 is 0 Å². The van der Waals surface area contributed by atoms with Crippen molar-refractivity contribution in [3.05, 3.63) is 35.4 Å². The minimum atomic E-state index is -1.15. The van der Waals surface area contributed by atoms with E-state index in [1.165, 1.54) is 6.07 Å². The molecule has 0 radical (unpaired) electrons. The second-order valence-electron chi connectivity index (χ2n) is 5.88. The van der Waals surface area contributed by atoms with Crippen LogP contribution in [0.4, 0.5) is 13.6 Å². The van der Waals surface area contributed by atoms with Crippen molar-refractivity contribution in [1.82, 2.24) is 5.32 Å². The number of nitrogens with one attached hydrogen (secondary N) is 1. The third kappa shape index (κ3) is 6.51. The monoisotopic (exact) mass is 315 g/mol. The number of benzene rings is 1. The van der Waals surface area contributed by atoms with Gasteiger partial charge in [-0.1, -0.05) is 6.07 Å². The molecule has 22 heavy (non-hydrogen) atoms. The number of carbonyl (C=O) groups excluding carboxylic acids is 1. The highest BCUT2D eigenvalue weighted by molar-refractivity contribution is 5.71. The highest BCUT2D eigenvalue weighted by Crippen LogP contribution is 2.14. The Morgan fingerprint density at radius 1 is 1.32 bits per heavy atom. The first kappa shape index (κ1) is 17.9. The molecule has 1 unspecified atom stereocenters. The third-order valence-electron chi connectivity index (χ3n) is 2.62. The lowest BCUT2D eigenvalue weighted by Crippen LogP contribution is -2.41. The largest absolute Gasteiger partial charge is 0.481 e. The molecule has 122 valence electrons. The zero-order valence-corrected chi connectivity index (χ0v) is 12.7. The van der Waals surface area contributed by atoms with Crippen LogP contribution in [0, 0.1) is 11.6 Å². The van der Waals surface area contributed by atoms with Crippen molar-refractivity contribution < 1.29 is 28.2 Å². The highest BCUT2D eigenvalue weighted by Gasteiger charge is 2.22. The summed E-state index contributed by atoms with van der Waals surface area (Å²) in [4.78, 5) is 22.6. The summed E-state index contributed by atoms with van der Waals surface area (Å²) in [6.07, 6.45) is -1.28. The van der Waals surface area contributed by atoms with Gasteiger partial charge in [-0.25, -0.2) is 13.6 Å². The number of amides is 1. The second-order valence-corrected chi connectivity index (χ2v) is 5.88. The van der Waals surface area contributed by atoms with E-state index in [2.05, 4.69) is 5.32 Å². The Morgan fingerprint density at radius 3 is 2.45 bits per heavy atom. The molecule has 0 saturated carbocycles. The number of carboxylic acid groups (broad SMARTS) is 1. The number of hydrogen-bond acceptors (Lipinski definition) is 3. The Morgan fingerprint density at radius 2 is 1.95 bits per heavy atom. The first-order chi connectivity index (χ1) is 10.1. The number of carboxylic acids is 1. The minimum Gasteiger partial charge on any atom is -0.481 e. The van der Waals surface area contributed by atoms with E-state index in [9.17, 15) is 18.4 Å². The topological polar surface area (TPSA) is 75.6 Å². The molecule has 1 aromatic rings. The Bertz CT molecular complexity index is 555. The van der Waals surface area contributed by atoms with Crippen molar-refractivity contribution in [3.63, 3.8) is 0 Å². The molecule has 0 aliphatic heterocycles. The van der Waals surface area contributed by atoms with E-state index in [-0.39, 0.29) is 12.0 Å². The van der Waals surface area contributed by atoms with E-state index in [4.69, 9.17) is 9.84 Å². The summed E-state index contributed by atoms with van der Waals surface area (Å²) in [6, 6.07) is 2.13. The van der Waals surface area contributed by atoms with Gasteiger partial charge in [0.1, 0.15) is 17.2 Å². The molecule has 0 aliphatic rings. The normalized spacial score (nSPS) is 12.6. The van der Waals surface area contributed by atoms with Crippen LogP contribution in [0.1, 0.15) is 32.8 Å². The van der Waals surface area contributed by atoms with Crippen LogP contribution in [0.25, 0.3) is 0 Å². The smallest absolute Gasteiger partial charge is 0.407 e. The molecular formula is C15H19F2NO4.